The van der Waals surface area contributed by atoms with Gasteiger partial charge in [-0.2, -0.15) is 0 Å². The van der Waals surface area contributed by atoms with Gasteiger partial charge in [-0.15, -0.1) is 0 Å². The molecule has 2 rings (SSSR count). The van der Waals surface area contributed by atoms with Crippen LogP contribution in [0.4, 0.5) is 0 Å². The highest BCUT2D eigenvalue weighted by atomic mass is 16.5. The van der Waals surface area contributed by atoms with Crippen molar-refractivity contribution >= 4 is 11.9 Å². The molecule has 0 saturated heterocycles. The number of rotatable bonds is 8. The number of benzene rings is 2. The summed E-state index contributed by atoms with van der Waals surface area (Å²) in [5, 5.41) is 8.57. The summed E-state index contributed by atoms with van der Waals surface area (Å²) in [5.74, 6) is -0.0233. The maximum absolute atomic E-state index is 12.1. The first-order valence-corrected chi connectivity index (χ1v) is 7.81. The maximum atomic E-state index is 12.1. The Morgan fingerprint density at radius 3 is 2.00 bits per heavy atom. The Bertz CT molecular complexity index is 710. The number of nitrogens with zero attached hydrogens (tertiary/aromatic N) is 1. The maximum Gasteiger partial charge on any atom is 0.341 e. The van der Waals surface area contributed by atoms with Crippen LogP contribution >= 0.6 is 0 Å². The molecular formula is C19H21NO5. The van der Waals surface area contributed by atoms with E-state index in [0.29, 0.717) is 18.0 Å². The quantitative estimate of drug-likeness (QED) is 0.797. The zero-order chi connectivity index (χ0) is 18.2. The Labute approximate surface area is 146 Å². The number of hydrogen-bond acceptors (Lipinski definition) is 4. The predicted molar refractivity (Wildman–Crippen MR) is 92.7 cm³/mol. The van der Waals surface area contributed by atoms with E-state index >= 15 is 0 Å². The van der Waals surface area contributed by atoms with Crippen LogP contribution in [0.15, 0.2) is 48.5 Å². The van der Waals surface area contributed by atoms with Gasteiger partial charge in [-0.1, -0.05) is 29.8 Å². The summed E-state index contributed by atoms with van der Waals surface area (Å²) in [7, 11) is 1.70. The van der Waals surface area contributed by atoms with Crippen LogP contribution in [0.25, 0.3) is 0 Å². The molecule has 2 aromatic carbocycles. The van der Waals surface area contributed by atoms with E-state index < -0.39 is 5.97 Å². The topological polar surface area (TPSA) is 76.1 Å². The minimum atomic E-state index is -1.03. The molecule has 0 aliphatic carbocycles. The van der Waals surface area contributed by atoms with Crippen molar-refractivity contribution in [2.45, 2.75) is 13.5 Å². The molecule has 0 spiro atoms. The number of carboxylic acid groups (broad SMARTS) is 1. The smallest absolute Gasteiger partial charge is 0.341 e. The van der Waals surface area contributed by atoms with E-state index in [1.54, 1.807) is 36.2 Å². The Kier molecular flexibility index (Phi) is 6.39. The molecule has 0 aliphatic heterocycles. The summed E-state index contributed by atoms with van der Waals surface area (Å²) >= 11 is 0. The van der Waals surface area contributed by atoms with Crippen molar-refractivity contribution in [1.82, 2.24) is 4.90 Å². The molecule has 0 fully saturated rings. The van der Waals surface area contributed by atoms with Crippen molar-refractivity contribution in [1.29, 1.82) is 0 Å². The number of ether oxygens (including phenoxy) is 2. The molecule has 6 heteroatoms. The van der Waals surface area contributed by atoms with Gasteiger partial charge in [0.05, 0.1) is 0 Å². The normalized spacial score (nSPS) is 10.2. The molecular weight excluding hydrogens is 322 g/mol. The van der Waals surface area contributed by atoms with Crippen LogP contribution in [-0.2, 0) is 16.1 Å². The van der Waals surface area contributed by atoms with E-state index in [1.165, 1.54) is 0 Å². The second-order valence-electron chi connectivity index (χ2n) is 5.68. The number of hydrogen-bond donors (Lipinski definition) is 1. The van der Waals surface area contributed by atoms with Gasteiger partial charge in [0.15, 0.2) is 13.2 Å². The van der Waals surface area contributed by atoms with Gasteiger partial charge in [-0.25, -0.2) is 4.79 Å². The van der Waals surface area contributed by atoms with Crippen molar-refractivity contribution in [3.8, 4) is 11.5 Å². The number of carbonyl (C=O) groups is 2. The van der Waals surface area contributed by atoms with Crippen molar-refractivity contribution in [2.24, 2.45) is 0 Å². The molecule has 0 heterocycles. The van der Waals surface area contributed by atoms with Crippen molar-refractivity contribution in [3.63, 3.8) is 0 Å². The van der Waals surface area contributed by atoms with Crippen molar-refractivity contribution in [2.75, 3.05) is 20.3 Å². The molecule has 0 atom stereocenters. The fourth-order valence-corrected chi connectivity index (χ4v) is 2.09. The summed E-state index contributed by atoms with van der Waals surface area (Å²) in [6.45, 7) is 2.00. The van der Waals surface area contributed by atoms with Gasteiger partial charge in [-0.3, -0.25) is 4.79 Å². The largest absolute Gasteiger partial charge is 0.484 e. The summed E-state index contributed by atoms with van der Waals surface area (Å²) in [5.41, 5.74) is 2.04. The first kappa shape index (κ1) is 18.3. The average Bonchev–Trinajstić information content (AvgIpc) is 2.60. The first-order valence-electron chi connectivity index (χ1n) is 7.81. The van der Waals surface area contributed by atoms with Gasteiger partial charge in [0.2, 0.25) is 0 Å². The molecule has 132 valence electrons. The minimum absolute atomic E-state index is 0.0284. The molecule has 0 saturated carbocycles. The summed E-state index contributed by atoms with van der Waals surface area (Å²) in [6, 6.07) is 14.5. The second-order valence-corrected chi connectivity index (χ2v) is 5.68. The Hall–Kier alpha value is -3.02. The standard InChI is InChI=1S/C19H21NO5/c1-14-3-7-16(8-4-14)24-12-18(21)20(2)11-15-5-9-17(10-6-15)25-13-19(22)23/h3-10H,11-13H2,1-2H3,(H,22,23). The third-order valence-corrected chi connectivity index (χ3v) is 3.51. The summed E-state index contributed by atoms with van der Waals surface area (Å²) in [6.07, 6.45) is 0. The van der Waals surface area contributed by atoms with Crippen LogP contribution in [0.2, 0.25) is 0 Å². The predicted octanol–water partition coefficient (Wildman–Crippen LogP) is 2.50. The monoisotopic (exact) mass is 343 g/mol. The van der Waals surface area contributed by atoms with E-state index in [0.717, 1.165) is 11.1 Å². The Balaban J connectivity index is 1.81. The SMILES string of the molecule is Cc1ccc(OCC(=O)N(C)Cc2ccc(OCC(=O)O)cc2)cc1. The van der Waals surface area contributed by atoms with E-state index in [2.05, 4.69) is 0 Å². The lowest BCUT2D eigenvalue weighted by Gasteiger charge is -2.18. The second kappa shape index (κ2) is 8.73. The highest BCUT2D eigenvalue weighted by Crippen LogP contribution is 2.14. The van der Waals surface area contributed by atoms with Crippen LogP contribution in [0.5, 0.6) is 11.5 Å². The molecule has 0 bridgehead atoms. The van der Waals surface area contributed by atoms with Crippen LogP contribution in [0, 0.1) is 6.92 Å². The number of likely N-dealkylation sites (N-methyl/N-ethyl adjacent to an activating group) is 1. The van der Waals surface area contributed by atoms with E-state index in [-0.39, 0.29) is 19.1 Å². The average molecular weight is 343 g/mol. The van der Waals surface area contributed by atoms with E-state index in [9.17, 15) is 9.59 Å². The summed E-state index contributed by atoms with van der Waals surface area (Å²) in [4.78, 5) is 24.2. The summed E-state index contributed by atoms with van der Waals surface area (Å²) < 4.78 is 10.6. The fourth-order valence-electron chi connectivity index (χ4n) is 2.09. The van der Waals surface area contributed by atoms with Gasteiger partial charge in [0.1, 0.15) is 11.5 Å². The number of carboxylic acids is 1. The Morgan fingerprint density at radius 2 is 1.44 bits per heavy atom. The zero-order valence-corrected chi connectivity index (χ0v) is 14.3. The van der Waals surface area contributed by atoms with Gasteiger partial charge >= 0.3 is 5.97 Å². The molecule has 0 aliphatic rings. The molecule has 6 nitrogen and oxygen atoms in total. The van der Waals surface area contributed by atoms with Crippen molar-refractivity contribution < 1.29 is 24.2 Å². The molecule has 1 amide bonds. The van der Waals surface area contributed by atoms with E-state index in [1.807, 2.05) is 31.2 Å². The fraction of sp³-hybridized carbons (Fsp3) is 0.263. The third-order valence-electron chi connectivity index (χ3n) is 3.51. The van der Waals surface area contributed by atoms with Gasteiger partial charge < -0.3 is 19.5 Å². The molecule has 25 heavy (non-hydrogen) atoms. The van der Waals surface area contributed by atoms with Crippen LogP contribution in [0.1, 0.15) is 11.1 Å². The van der Waals surface area contributed by atoms with Gasteiger partial charge in [0, 0.05) is 13.6 Å². The van der Waals surface area contributed by atoms with Crippen LogP contribution in [-0.4, -0.2) is 42.1 Å². The third kappa shape index (κ3) is 6.18. The van der Waals surface area contributed by atoms with Crippen LogP contribution in [0.3, 0.4) is 0 Å². The minimum Gasteiger partial charge on any atom is -0.484 e. The molecule has 2 aromatic rings. The number of amides is 1. The lowest BCUT2D eigenvalue weighted by atomic mass is 10.2. The van der Waals surface area contributed by atoms with E-state index in [4.69, 9.17) is 14.6 Å². The number of aryl methyl sites for hydroxylation is 1. The van der Waals surface area contributed by atoms with Gasteiger partial charge in [-0.05, 0) is 36.8 Å². The Morgan fingerprint density at radius 1 is 0.920 bits per heavy atom. The van der Waals surface area contributed by atoms with Gasteiger partial charge in [0.25, 0.3) is 5.91 Å². The van der Waals surface area contributed by atoms with Crippen LogP contribution < -0.4 is 9.47 Å². The lowest BCUT2D eigenvalue weighted by molar-refractivity contribution is -0.139. The molecule has 0 radical (unpaired) electrons. The lowest BCUT2D eigenvalue weighted by Crippen LogP contribution is -2.30. The highest BCUT2D eigenvalue weighted by molar-refractivity contribution is 5.77. The molecule has 0 unspecified atom stereocenters. The zero-order valence-electron chi connectivity index (χ0n) is 14.3. The highest BCUT2D eigenvalue weighted by Gasteiger charge is 2.10. The number of aliphatic carboxylic acids is 1. The molecule has 0 aromatic heterocycles. The number of carbonyl (C=O) groups excluding carboxylic acids is 1. The molecule has 1 N–H and O–H groups in total. The van der Waals surface area contributed by atoms with Crippen molar-refractivity contribution in [3.05, 3.63) is 59.7 Å². The first-order chi connectivity index (χ1) is 11.9.